The summed E-state index contributed by atoms with van der Waals surface area (Å²) in [6, 6.07) is 14.7. The number of nitrogens with zero attached hydrogens (tertiary/aromatic N) is 1. The number of allylic oxidation sites excluding steroid dienone is 2. The molecule has 8 heteroatoms. The van der Waals surface area contributed by atoms with Crippen LogP contribution in [0.4, 0.5) is 11.4 Å². The zero-order chi connectivity index (χ0) is 21.7. The number of amides is 1. The van der Waals surface area contributed by atoms with Gasteiger partial charge in [-0.3, -0.25) is 13.9 Å². The zero-order valence-electron chi connectivity index (χ0n) is 16.6. The van der Waals surface area contributed by atoms with Crippen LogP contribution in [-0.4, -0.2) is 31.9 Å². The molecule has 1 amide bonds. The average molecular weight is 429 g/mol. The monoisotopic (exact) mass is 428 g/mol. The third-order valence-corrected chi connectivity index (χ3v) is 7.04. The number of rotatable bonds is 7. The van der Waals surface area contributed by atoms with Crippen molar-refractivity contribution in [1.82, 2.24) is 0 Å². The number of carboxylic acid groups (broad SMARTS) is 1. The molecule has 0 spiro atoms. The van der Waals surface area contributed by atoms with Crippen LogP contribution in [0.1, 0.15) is 19.8 Å². The minimum Gasteiger partial charge on any atom is -0.481 e. The topological polar surface area (TPSA) is 104 Å². The van der Waals surface area contributed by atoms with Crippen molar-refractivity contribution in [2.45, 2.75) is 24.7 Å². The van der Waals surface area contributed by atoms with Crippen molar-refractivity contribution in [3.05, 3.63) is 66.7 Å². The quantitative estimate of drug-likeness (QED) is 0.657. The largest absolute Gasteiger partial charge is 0.481 e. The molecule has 0 radical (unpaired) electrons. The number of anilines is 2. The van der Waals surface area contributed by atoms with E-state index in [4.69, 9.17) is 0 Å². The molecule has 1 aliphatic carbocycles. The summed E-state index contributed by atoms with van der Waals surface area (Å²) in [5.74, 6) is -2.81. The molecule has 0 fully saturated rings. The van der Waals surface area contributed by atoms with Crippen LogP contribution in [0.2, 0.25) is 0 Å². The van der Waals surface area contributed by atoms with E-state index in [1.54, 1.807) is 37.3 Å². The maximum Gasteiger partial charge on any atom is 0.307 e. The lowest BCUT2D eigenvalue weighted by Crippen LogP contribution is -2.34. The van der Waals surface area contributed by atoms with E-state index in [9.17, 15) is 23.1 Å². The van der Waals surface area contributed by atoms with E-state index >= 15 is 0 Å². The maximum atomic E-state index is 13.0. The third-order valence-electron chi connectivity index (χ3n) is 5.13. The molecule has 158 valence electrons. The molecule has 2 aromatic carbocycles. The van der Waals surface area contributed by atoms with Crippen molar-refractivity contribution in [3.8, 4) is 0 Å². The highest BCUT2D eigenvalue weighted by molar-refractivity contribution is 7.92. The van der Waals surface area contributed by atoms with E-state index in [1.807, 2.05) is 12.1 Å². The summed E-state index contributed by atoms with van der Waals surface area (Å²) < 4.78 is 27.4. The second-order valence-corrected chi connectivity index (χ2v) is 8.88. The van der Waals surface area contributed by atoms with Crippen molar-refractivity contribution in [2.24, 2.45) is 11.8 Å². The van der Waals surface area contributed by atoms with E-state index in [1.165, 1.54) is 28.6 Å². The Balaban J connectivity index is 1.76. The Kier molecular flexibility index (Phi) is 6.56. The Bertz CT molecular complexity index is 1030. The molecule has 2 aromatic rings. The number of aliphatic carboxylic acids is 1. The van der Waals surface area contributed by atoms with E-state index in [2.05, 4.69) is 5.32 Å². The summed E-state index contributed by atoms with van der Waals surface area (Å²) in [4.78, 5) is 24.1. The van der Waals surface area contributed by atoms with Gasteiger partial charge < -0.3 is 10.4 Å². The van der Waals surface area contributed by atoms with Crippen LogP contribution in [0.5, 0.6) is 0 Å². The van der Waals surface area contributed by atoms with Gasteiger partial charge in [-0.05, 0) is 56.2 Å². The maximum absolute atomic E-state index is 13.0. The minimum absolute atomic E-state index is 0.107. The van der Waals surface area contributed by atoms with Crippen LogP contribution >= 0.6 is 0 Å². The van der Waals surface area contributed by atoms with Gasteiger partial charge in [-0.15, -0.1) is 0 Å². The molecule has 0 aromatic heterocycles. The van der Waals surface area contributed by atoms with Crippen LogP contribution in [0.3, 0.4) is 0 Å². The van der Waals surface area contributed by atoms with Crippen molar-refractivity contribution < 1.29 is 23.1 Å². The average Bonchev–Trinajstić information content (AvgIpc) is 2.75. The smallest absolute Gasteiger partial charge is 0.307 e. The van der Waals surface area contributed by atoms with E-state index in [0.717, 1.165) is 0 Å². The zero-order valence-corrected chi connectivity index (χ0v) is 17.4. The number of para-hydroxylation sites is 1. The number of hydrogen-bond donors (Lipinski definition) is 2. The fraction of sp³-hybridized carbons (Fsp3) is 0.273. The van der Waals surface area contributed by atoms with E-state index < -0.39 is 27.8 Å². The van der Waals surface area contributed by atoms with E-state index in [0.29, 0.717) is 24.2 Å². The fourth-order valence-corrected chi connectivity index (χ4v) is 5.01. The number of nitrogens with one attached hydrogen (secondary N) is 1. The molecule has 0 unspecified atom stereocenters. The SMILES string of the molecule is CCN(c1ccccc1)S(=O)(=O)c1ccc(NC(=O)[C@H]2CC=CC[C@H]2C(=O)O)cc1. The number of sulfonamides is 1. The lowest BCUT2D eigenvalue weighted by molar-refractivity contribution is -0.146. The molecule has 2 atom stereocenters. The number of carbonyl (C=O) groups excluding carboxylic acids is 1. The lowest BCUT2D eigenvalue weighted by atomic mass is 9.82. The van der Waals surface area contributed by atoms with E-state index in [-0.39, 0.29) is 17.3 Å². The Labute approximate surface area is 176 Å². The van der Waals surface area contributed by atoms with Gasteiger partial charge in [0, 0.05) is 12.2 Å². The molecule has 0 aliphatic heterocycles. The number of carbonyl (C=O) groups is 2. The van der Waals surface area contributed by atoms with Gasteiger partial charge >= 0.3 is 5.97 Å². The molecule has 1 aliphatic rings. The summed E-state index contributed by atoms with van der Waals surface area (Å²) >= 11 is 0. The highest BCUT2D eigenvalue weighted by Gasteiger charge is 2.34. The lowest BCUT2D eigenvalue weighted by Gasteiger charge is -2.24. The molecule has 0 heterocycles. The number of hydrogen-bond acceptors (Lipinski definition) is 4. The second-order valence-electron chi connectivity index (χ2n) is 7.01. The summed E-state index contributed by atoms with van der Waals surface area (Å²) in [6.45, 7) is 2.03. The first-order chi connectivity index (χ1) is 14.3. The van der Waals surface area contributed by atoms with Crippen LogP contribution in [0, 0.1) is 11.8 Å². The Morgan fingerprint density at radius 2 is 1.60 bits per heavy atom. The Hall–Kier alpha value is -3.13. The molecule has 0 saturated carbocycles. The highest BCUT2D eigenvalue weighted by Crippen LogP contribution is 2.28. The van der Waals surface area contributed by atoms with Crippen LogP contribution < -0.4 is 9.62 Å². The van der Waals surface area contributed by atoms with Crippen molar-refractivity contribution in [2.75, 3.05) is 16.2 Å². The predicted molar refractivity (Wildman–Crippen MR) is 115 cm³/mol. The summed E-state index contributed by atoms with van der Waals surface area (Å²) in [6.07, 6.45) is 4.26. The van der Waals surface area contributed by atoms with Gasteiger partial charge in [0.25, 0.3) is 10.0 Å². The van der Waals surface area contributed by atoms with Crippen molar-refractivity contribution in [3.63, 3.8) is 0 Å². The number of carboxylic acids is 1. The first kappa shape index (κ1) is 21.6. The summed E-state index contributed by atoms with van der Waals surface area (Å²) in [7, 11) is -3.76. The van der Waals surface area contributed by atoms with Gasteiger partial charge in [-0.1, -0.05) is 30.4 Å². The molecule has 0 saturated heterocycles. The molecule has 2 N–H and O–H groups in total. The van der Waals surface area contributed by atoms with Crippen LogP contribution in [0.15, 0.2) is 71.6 Å². The van der Waals surface area contributed by atoms with Gasteiger partial charge in [0.2, 0.25) is 5.91 Å². The molecule has 30 heavy (non-hydrogen) atoms. The van der Waals surface area contributed by atoms with Gasteiger partial charge in [0.05, 0.1) is 22.4 Å². The summed E-state index contributed by atoms with van der Waals surface area (Å²) in [5, 5.41) is 12.0. The van der Waals surface area contributed by atoms with Gasteiger partial charge in [0.1, 0.15) is 0 Å². The molecular weight excluding hydrogens is 404 g/mol. The third kappa shape index (κ3) is 4.54. The molecular formula is C22H24N2O5S. The van der Waals surface area contributed by atoms with Gasteiger partial charge in [-0.2, -0.15) is 0 Å². The van der Waals surface area contributed by atoms with Crippen molar-refractivity contribution in [1.29, 1.82) is 0 Å². The minimum atomic E-state index is -3.76. The summed E-state index contributed by atoms with van der Waals surface area (Å²) in [5.41, 5.74) is 0.989. The van der Waals surface area contributed by atoms with Crippen LogP contribution in [0.25, 0.3) is 0 Å². The molecule has 7 nitrogen and oxygen atoms in total. The van der Waals surface area contributed by atoms with Crippen LogP contribution in [-0.2, 0) is 19.6 Å². The Morgan fingerprint density at radius 1 is 1.00 bits per heavy atom. The highest BCUT2D eigenvalue weighted by atomic mass is 32.2. The second kappa shape index (κ2) is 9.13. The Morgan fingerprint density at radius 3 is 2.17 bits per heavy atom. The standard InChI is InChI=1S/C22H24N2O5S/c1-2-24(17-8-4-3-5-9-17)30(28,29)18-14-12-16(13-15-18)23-21(25)19-10-6-7-11-20(19)22(26)27/h3-9,12-15,19-20H,2,10-11H2,1H3,(H,23,25)(H,26,27)/t19-,20+/m0/s1. The predicted octanol–water partition coefficient (Wildman–Crippen LogP) is 3.51. The molecule has 3 rings (SSSR count). The van der Waals surface area contributed by atoms with Gasteiger partial charge in [0.15, 0.2) is 0 Å². The fourth-order valence-electron chi connectivity index (χ4n) is 3.53. The molecule has 0 bridgehead atoms. The number of benzene rings is 2. The van der Waals surface area contributed by atoms with Crippen molar-refractivity contribution >= 4 is 33.3 Å². The normalized spacial score (nSPS) is 18.6. The first-order valence-corrected chi connectivity index (χ1v) is 11.1. The van der Waals surface area contributed by atoms with Gasteiger partial charge in [-0.25, -0.2) is 8.42 Å². The first-order valence-electron chi connectivity index (χ1n) is 9.71.